The third-order valence-electron chi connectivity index (χ3n) is 2.95. The number of hydrogen-bond acceptors (Lipinski definition) is 3. The average molecular weight is 324 g/mol. The molecule has 2 aromatic rings. The molecule has 1 aromatic carbocycles. The zero-order chi connectivity index (χ0) is 16.2. The number of pyridine rings is 1. The molecule has 0 amide bonds. The van der Waals surface area contributed by atoms with Crippen LogP contribution in [0.3, 0.4) is 0 Å². The molecule has 0 aliphatic carbocycles. The van der Waals surface area contributed by atoms with Gasteiger partial charge in [-0.05, 0) is 36.4 Å². The van der Waals surface area contributed by atoms with Gasteiger partial charge in [0.25, 0.3) is 0 Å². The average Bonchev–Trinajstić information content (AvgIpc) is 2.46. The van der Waals surface area contributed by atoms with Crippen LogP contribution >= 0.6 is 11.8 Å². The van der Waals surface area contributed by atoms with Gasteiger partial charge < -0.3 is 0 Å². The highest BCUT2D eigenvalue weighted by Gasteiger charge is 2.32. The van der Waals surface area contributed by atoms with Crippen molar-refractivity contribution in [2.24, 2.45) is 4.99 Å². The van der Waals surface area contributed by atoms with E-state index in [4.69, 9.17) is 0 Å². The molecule has 0 aliphatic rings. The topological polar surface area (TPSA) is 25.2 Å². The Labute approximate surface area is 131 Å². The summed E-state index contributed by atoms with van der Waals surface area (Å²) in [6, 6.07) is 8.69. The van der Waals surface area contributed by atoms with Gasteiger partial charge in [0.15, 0.2) is 0 Å². The van der Waals surface area contributed by atoms with Crippen molar-refractivity contribution >= 4 is 23.7 Å². The molecule has 0 aliphatic heterocycles. The normalized spacial score (nSPS) is 12.0. The van der Waals surface area contributed by atoms with Crippen LogP contribution in [0.25, 0.3) is 0 Å². The molecule has 1 aromatic heterocycles. The fourth-order valence-electron chi connectivity index (χ4n) is 1.84. The summed E-state index contributed by atoms with van der Waals surface area (Å²) in [7, 11) is 0. The van der Waals surface area contributed by atoms with Crippen LogP contribution in [0.2, 0.25) is 0 Å². The van der Waals surface area contributed by atoms with E-state index < -0.39 is 11.9 Å². The maximum atomic E-state index is 12.6. The standard InChI is InChI=1S/C16H15F3N2S/c1-3-22-14-7-5-4-6-13(14)20-9-12-10-21-15(8-11(12)2)16(17,18)19/h4-10H,3H2,1-2H3. The summed E-state index contributed by atoms with van der Waals surface area (Å²) >= 11 is 1.67. The number of rotatable bonds is 4. The number of aryl methyl sites for hydroxylation is 1. The summed E-state index contributed by atoms with van der Waals surface area (Å²) in [5.74, 6) is 0.924. The molecular weight excluding hydrogens is 309 g/mol. The SMILES string of the molecule is CCSc1ccccc1N=Cc1cnc(C(F)(F)F)cc1C. The van der Waals surface area contributed by atoms with Gasteiger partial charge in [-0.25, -0.2) is 0 Å². The van der Waals surface area contributed by atoms with Crippen molar-refractivity contribution in [1.82, 2.24) is 4.98 Å². The molecule has 0 bridgehead atoms. The second-order valence-electron chi connectivity index (χ2n) is 4.58. The summed E-state index contributed by atoms with van der Waals surface area (Å²) in [5, 5.41) is 0. The fraction of sp³-hybridized carbons (Fsp3) is 0.250. The Hall–Kier alpha value is -1.82. The lowest BCUT2D eigenvalue weighted by Crippen LogP contribution is -2.08. The van der Waals surface area contributed by atoms with Crippen molar-refractivity contribution in [2.45, 2.75) is 24.9 Å². The van der Waals surface area contributed by atoms with E-state index in [2.05, 4.69) is 16.9 Å². The number of thioether (sulfide) groups is 1. The summed E-state index contributed by atoms with van der Waals surface area (Å²) < 4.78 is 37.8. The third-order valence-corrected chi connectivity index (χ3v) is 3.89. The highest BCUT2D eigenvalue weighted by molar-refractivity contribution is 7.99. The van der Waals surface area contributed by atoms with Crippen molar-refractivity contribution in [3.05, 3.63) is 53.3 Å². The van der Waals surface area contributed by atoms with Gasteiger partial charge in [0.1, 0.15) is 5.69 Å². The molecule has 2 rings (SSSR count). The van der Waals surface area contributed by atoms with Gasteiger partial charge in [-0.1, -0.05) is 19.1 Å². The first kappa shape index (κ1) is 16.5. The van der Waals surface area contributed by atoms with Crippen LogP contribution in [0.5, 0.6) is 0 Å². The molecule has 2 nitrogen and oxygen atoms in total. The Morgan fingerprint density at radius 2 is 2.00 bits per heavy atom. The maximum absolute atomic E-state index is 12.6. The molecule has 0 saturated carbocycles. The number of hydrogen-bond donors (Lipinski definition) is 0. The van der Waals surface area contributed by atoms with Crippen molar-refractivity contribution in [3.63, 3.8) is 0 Å². The number of alkyl halides is 3. The first-order valence-corrected chi connectivity index (χ1v) is 7.70. The Morgan fingerprint density at radius 3 is 2.64 bits per heavy atom. The molecule has 1 heterocycles. The van der Waals surface area contributed by atoms with Crippen LogP contribution in [0, 0.1) is 6.92 Å². The van der Waals surface area contributed by atoms with Crippen LogP contribution in [0.4, 0.5) is 18.9 Å². The summed E-state index contributed by atoms with van der Waals surface area (Å²) in [6.07, 6.45) is -1.67. The van der Waals surface area contributed by atoms with Gasteiger partial charge in [0.2, 0.25) is 0 Å². The molecule has 0 saturated heterocycles. The molecule has 0 fully saturated rings. The Morgan fingerprint density at radius 1 is 1.27 bits per heavy atom. The summed E-state index contributed by atoms with van der Waals surface area (Å²) in [4.78, 5) is 8.88. The minimum Gasteiger partial charge on any atom is -0.255 e. The fourth-order valence-corrected chi connectivity index (χ4v) is 2.59. The monoisotopic (exact) mass is 324 g/mol. The summed E-state index contributed by atoms with van der Waals surface area (Å²) in [5.41, 5.74) is 0.980. The molecule has 116 valence electrons. The van der Waals surface area contributed by atoms with E-state index >= 15 is 0 Å². The second-order valence-corrected chi connectivity index (χ2v) is 5.89. The first-order valence-electron chi connectivity index (χ1n) is 6.71. The van der Waals surface area contributed by atoms with E-state index in [0.29, 0.717) is 11.1 Å². The predicted molar refractivity (Wildman–Crippen MR) is 84.1 cm³/mol. The zero-order valence-corrected chi connectivity index (χ0v) is 13.0. The van der Waals surface area contributed by atoms with E-state index in [-0.39, 0.29) is 0 Å². The molecule has 0 atom stereocenters. The Kier molecular flexibility index (Phi) is 5.24. The van der Waals surface area contributed by atoms with E-state index in [0.717, 1.165) is 22.4 Å². The molecular formula is C16H15F3N2S. The summed E-state index contributed by atoms with van der Waals surface area (Å²) in [6.45, 7) is 3.67. The second kappa shape index (κ2) is 6.96. The van der Waals surface area contributed by atoms with E-state index in [1.807, 2.05) is 24.3 Å². The van der Waals surface area contributed by atoms with Crippen LogP contribution in [-0.4, -0.2) is 17.0 Å². The first-order chi connectivity index (χ1) is 10.4. The number of para-hydroxylation sites is 1. The largest absolute Gasteiger partial charge is 0.433 e. The van der Waals surface area contributed by atoms with Crippen molar-refractivity contribution < 1.29 is 13.2 Å². The van der Waals surface area contributed by atoms with Gasteiger partial charge in [-0.3, -0.25) is 9.98 Å². The lowest BCUT2D eigenvalue weighted by Gasteiger charge is -2.08. The van der Waals surface area contributed by atoms with Gasteiger partial charge in [0.05, 0.1) is 5.69 Å². The molecule has 0 radical (unpaired) electrons. The van der Waals surface area contributed by atoms with Crippen molar-refractivity contribution in [3.8, 4) is 0 Å². The molecule has 0 unspecified atom stereocenters. The maximum Gasteiger partial charge on any atom is 0.433 e. The van der Waals surface area contributed by atoms with Crippen LogP contribution in [0.15, 0.2) is 46.4 Å². The lowest BCUT2D eigenvalue weighted by molar-refractivity contribution is -0.141. The highest BCUT2D eigenvalue weighted by Crippen LogP contribution is 2.30. The van der Waals surface area contributed by atoms with Gasteiger partial charge in [-0.15, -0.1) is 11.8 Å². The van der Waals surface area contributed by atoms with Gasteiger partial charge in [0, 0.05) is 22.9 Å². The lowest BCUT2D eigenvalue weighted by atomic mass is 10.1. The van der Waals surface area contributed by atoms with Crippen LogP contribution < -0.4 is 0 Å². The molecule has 6 heteroatoms. The van der Waals surface area contributed by atoms with E-state index in [1.165, 1.54) is 6.20 Å². The van der Waals surface area contributed by atoms with E-state index in [9.17, 15) is 13.2 Å². The number of halogens is 3. The third kappa shape index (κ3) is 4.10. The Balaban J connectivity index is 2.28. The van der Waals surface area contributed by atoms with E-state index in [1.54, 1.807) is 24.9 Å². The number of nitrogens with zero attached hydrogens (tertiary/aromatic N) is 2. The van der Waals surface area contributed by atoms with Crippen molar-refractivity contribution in [2.75, 3.05) is 5.75 Å². The Bertz CT molecular complexity index is 681. The number of aromatic nitrogens is 1. The molecule has 22 heavy (non-hydrogen) atoms. The van der Waals surface area contributed by atoms with Crippen molar-refractivity contribution in [1.29, 1.82) is 0 Å². The quantitative estimate of drug-likeness (QED) is 0.565. The van der Waals surface area contributed by atoms with Crippen LogP contribution in [0.1, 0.15) is 23.7 Å². The van der Waals surface area contributed by atoms with Gasteiger partial charge >= 0.3 is 6.18 Å². The predicted octanol–water partition coefficient (Wildman–Crippen LogP) is 5.27. The smallest absolute Gasteiger partial charge is 0.255 e. The minimum absolute atomic E-state index is 0.492. The molecule has 0 spiro atoms. The number of benzene rings is 1. The zero-order valence-electron chi connectivity index (χ0n) is 12.2. The highest BCUT2D eigenvalue weighted by atomic mass is 32.2. The van der Waals surface area contributed by atoms with Gasteiger partial charge in [-0.2, -0.15) is 13.2 Å². The number of aliphatic imine (C=N–C) groups is 1. The minimum atomic E-state index is -4.43. The molecule has 0 N–H and O–H groups in total. The van der Waals surface area contributed by atoms with Crippen LogP contribution in [-0.2, 0) is 6.18 Å².